The van der Waals surface area contributed by atoms with Gasteiger partial charge in [-0.05, 0) is 79.2 Å². The van der Waals surface area contributed by atoms with Gasteiger partial charge in [-0.2, -0.15) is 4.37 Å². The molecule has 0 aliphatic carbocycles. The van der Waals surface area contributed by atoms with Crippen LogP contribution in [0.4, 0.5) is 4.39 Å². The smallest absolute Gasteiger partial charge is 0.178 e. The van der Waals surface area contributed by atoms with Gasteiger partial charge in [-0.1, -0.05) is 17.3 Å². The maximum atomic E-state index is 13.5. The number of thiophene rings is 1. The van der Waals surface area contributed by atoms with Crippen LogP contribution in [0.2, 0.25) is 0 Å². The maximum absolute atomic E-state index is 13.5. The zero-order chi connectivity index (χ0) is 23.8. The van der Waals surface area contributed by atoms with Crippen molar-refractivity contribution in [1.82, 2.24) is 14.4 Å². The summed E-state index contributed by atoms with van der Waals surface area (Å²) in [5.41, 5.74) is 3.60. The van der Waals surface area contributed by atoms with Crippen LogP contribution in [0.3, 0.4) is 0 Å². The highest BCUT2D eigenvalue weighted by Crippen LogP contribution is 2.35. The van der Waals surface area contributed by atoms with Gasteiger partial charge in [-0.15, -0.1) is 11.3 Å². The molecule has 0 unspecified atom stereocenters. The van der Waals surface area contributed by atoms with Crippen molar-refractivity contribution in [1.29, 1.82) is 0 Å². The maximum Gasteiger partial charge on any atom is 0.178 e. The van der Waals surface area contributed by atoms with E-state index in [2.05, 4.69) is 14.4 Å². The van der Waals surface area contributed by atoms with Crippen molar-refractivity contribution in [3.05, 3.63) is 65.4 Å². The van der Waals surface area contributed by atoms with Gasteiger partial charge in [0.2, 0.25) is 0 Å². The van der Waals surface area contributed by atoms with Gasteiger partial charge in [0.25, 0.3) is 0 Å². The highest BCUT2D eigenvalue weighted by molar-refractivity contribution is 7.17. The third-order valence-electron chi connectivity index (χ3n) is 6.53. The van der Waals surface area contributed by atoms with Gasteiger partial charge >= 0.3 is 0 Å². The number of likely N-dealkylation sites (tertiary alicyclic amines) is 1. The normalized spacial score (nSPS) is 16.3. The molecule has 6 nitrogen and oxygen atoms in total. The van der Waals surface area contributed by atoms with E-state index < -0.39 is 6.10 Å². The van der Waals surface area contributed by atoms with Gasteiger partial charge in [-0.3, -0.25) is 0 Å². The predicted molar refractivity (Wildman–Crippen MR) is 137 cm³/mol. The van der Waals surface area contributed by atoms with Crippen LogP contribution in [0.15, 0.2) is 58.4 Å². The van der Waals surface area contributed by atoms with Crippen LogP contribution < -0.4 is 4.74 Å². The number of piperidine rings is 1. The van der Waals surface area contributed by atoms with Gasteiger partial charge < -0.3 is 19.3 Å². The lowest BCUT2D eigenvalue weighted by Gasteiger charge is -2.32. The number of fused-ring (bicyclic) bond motifs is 2. The number of aromatic nitrogens is 2. The first-order valence-electron chi connectivity index (χ1n) is 11.7. The van der Waals surface area contributed by atoms with E-state index in [-0.39, 0.29) is 12.4 Å². The number of hydrogen-bond acceptors (Lipinski definition) is 8. The Labute approximate surface area is 209 Å². The molecule has 6 rings (SSSR count). The van der Waals surface area contributed by atoms with Crippen LogP contribution in [0.25, 0.3) is 31.6 Å². The Morgan fingerprint density at radius 2 is 2.06 bits per heavy atom. The summed E-state index contributed by atoms with van der Waals surface area (Å²) in [7, 11) is 0. The van der Waals surface area contributed by atoms with E-state index >= 15 is 0 Å². The SMILES string of the molecule is O[C@@H](COc1cccc(-c2noc3ccsc23)c1)CN1CCC(c2nsc3cc(F)ccc23)CC1. The predicted octanol–water partition coefficient (Wildman–Crippen LogP) is 5.92. The van der Waals surface area contributed by atoms with E-state index in [0.717, 1.165) is 63.3 Å². The van der Waals surface area contributed by atoms with Crippen LogP contribution in [0, 0.1) is 5.82 Å². The molecule has 0 bridgehead atoms. The van der Waals surface area contributed by atoms with Crippen LogP contribution in [0.5, 0.6) is 5.75 Å². The number of β-amino-alcohol motifs (C(OH)–C–C–N with tert-alkyl or cyclic N) is 1. The number of benzene rings is 2. The Morgan fingerprint density at radius 3 is 2.94 bits per heavy atom. The average molecular weight is 510 g/mol. The van der Waals surface area contributed by atoms with Crippen LogP contribution in [-0.4, -0.2) is 51.9 Å². The summed E-state index contributed by atoms with van der Waals surface area (Å²) in [6, 6.07) is 14.5. The first-order chi connectivity index (χ1) is 17.1. The van der Waals surface area contributed by atoms with E-state index in [1.54, 1.807) is 17.4 Å². The van der Waals surface area contributed by atoms with E-state index in [9.17, 15) is 9.50 Å². The summed E-state index contributed by atoms with van der Waals surface area (Å²) < 4.78 is 31.3. The fourth-order valence-corrected chi connectivity index (χ4v) is 6.45. The molecule has 0 amide bonds. The number of aliphatic hydroxyl groups excluding tert-OH is 1. The molecule has 0 spiro atoms. The second-order valence-electron chi connectivity index (χ2n) is 8.92. The first-order valence-corrected chi connectivity index (χ1v) is 13.3. The van der Waals surface area contributed by atoms with E-state index in [1.165, 1.54) is 17.6 Å². The molecule has 1 saturated heterocycles. The van der Waals surface area contributed by atoms with Crippen molar-refractivity contribution in [2.45, 2.75) is 24.9 Å². The van der Waals surface area contributed by atoms with Crippen molar-refractivity contribution in [3.8, 4) is 17.0 Å². The number of ether oxygens (including phenoxy) is 1. The number of aliphatic hydroxyl groups is 1. The quantitative estimate of drug-likeness (QED) is 0.293. The summed E-state index contributed by atoms with van der Waals surface area (Å²) >= 11 is 2.97. The molecule has 35 heavy (non-hydrogen) atoms. The summed E-state index contributed by atoms with van der Waals surface area (Å²) in [5.74, 6) is 0.844. The lowest BCUT2D eigenvalue weighted by atomic mass is 9.91. The first kappa shape index (κ1) is 22.6. The van der Waals surface area contributed by atoms with E-state index in [0.29, 0.717) is 18.2 Å². The van der Waals surface area contributed by atoms with Crippen molar-refractivity contribution in [2.24, 2.45) is 0 Å². The van der Waals surface area contributed by atoms with Crippen molar-refractivity contribution >= 4 is 43.2 Å². The fourth-order valence-electron chi connectivity index (χ4n) is 4.75. The molecule has 1 atom stereocenters. The highest BCUT2D eigenvalue weighted by atomic mass is 32.1. The average Bonchev–Trinajstić information content (AvgIpc) is 3.59. The molecular weight excluding hydrogens is 485 g/mol. The lowest BCUT2D eigenvalue weighted by molar-refractivity contribution is 0.0594. The molecule has 5 aromatic rings. The van der Waals surface area contributed by atoms with Gasteiger partial charge in [0.1, 0.15) is 34.7 Å². The topological polar surface area (TPSA) is 71.6 Å². The number of halogens is 1. The zero-order valence-corrected chi connectivity index (χ0v) is 20.5. The zero-order valence-electron chi connectivity index (χ0n) is 18.9. The highest BCUT2D eigenvalue weighted by Gasteiger charge is 2.25. The van der Waals surface area contributed by atoms with E-state index in [1.807, 2.05) is 41.8 Å². The van der Waals surface area contributed by atoms with Gasteiger partial charge in [0.15, 0.2) is 5.58 Å². The van der Waals surface area contributed by atoms with Gasteiger partial charge in [-0.25, -0.2) is 4.39 Å². The Bertz CT molecular complexity index is 1450. The molecule has 0 radical (unpaired) electrons. The number of nitrogens with zero attached hydrogens (tertiary/aromatic N) is 3. The second kappa shape index (κ2) is 9.66. The second-order valence-corrected chi connectivity index (χ2v) is 10.6. The Morgan fingerprint density at radius 1 is 1.17 bits per heavy atom. The van der Waals surface area contributed by atoms with Crippen LogP contribution in [0.1, 0.15) is 24.5 Å². The van der Waals surface area contributed by atoms with Crippen LogP contribution >= 0.6 is 22.9 Å². The molecule has 4 heterocycles. The Balaban J connectivity index is 1.02. The molecule has 1 aliphatic rings. The molecular formula is C26H24FN3O3S2. The Kier molecular flexibility index (Phi) is 6.24. The van der Waals surface area contributed by atoms with Crippen molar-refractivity contribution in [2.75, 3.05) is 26.2 Å². The van der Waals surface area contributed by atoms with Gasteiger partial charge in [0.05, 0.1) is 10.4 Å². The van der Waals surface area contributed by atoms with Crippen LogP contribution in [-0.2, 0) is 0 Å². The Hall–Kier alpha value is -2.85. The van der Waals surface area contributed by atoms with Crippen molar-refractivity contribution in [3.63, 3.8) is 0 Å². The van der Waals surface area contributed by atoms with Gasteiger partial charge in [0, 0.05) is 23.4 Å². The summed E-state index contributed by atoms with van der Waals surface area (Å²) in [6.07, 6.45) is 1.36. The standard InChI is InChI=1S/C26H24FN3O3S2/c27-18-4-5-21-23(13-18)35-29-24(21)16-6-9-30(10-7-16)14-19(31)15-32-20-3-1-2-17(12-20)25-26-22(33-28-25)8-11-34-26/h1-5,8,11-13,16,19,31H,6-7,9-10,14-15H2/t19-/m1/s1. The molecule has 2 aromatic carbocycles. The molecule has 1 fully saturated rings. The minimum absolute atomic E-state index is 0.219. The van der Waals surface area contributed by atoms with E-state index in [4.69, 9.17) is 9.26 Å². The minimum Gasteiger partial charge on any atom is -0.491 e. The number of hydrogen-bond donors (Lipinski definition) is 1. The molecule has 1 N–H and O–H groups in total. The fraction of sp³-hybridized carbons (Fsp3) is 0.308. The largest absolute Gasteiger partial charge is 0.491 e. The third kappa shape index (κ3) is 4.69. The summed E-state index contributed by atoms with van der Waals surface area (Å²) in [4.78, 5) is 2.28. The third-order valence-corrected chi connectivity index (χ3v) is 8.26. The molecule has 1 aliphatic heterocycles. The summed E-state index contributed by atoms with van der Waals surface area (Å²) in [6.45, 7) is 2.56. The molecule has 9 heteroatoms. The lowest BCUT2D eigenvalue weighted by Crippen LogP contribution is -2.40. The molecule has 3 aromatic heterocycles. The summed E-state index contributed by atoms with van der Waals surface area (Å²) in [5, 5.41) is 17.8. The molecule has 180 valence electrons. The monoisotopic (exact) mass is 509 g/mol. The minimum atomic E-state index is -0.589. The number of rotatable bonds is 7. The van der Waals surface area contributed by atoms with Crippen molar-refractivity contribution < 1.29 is 18.8 Å². The molecule has 0 saturated carbocycles.